The second kappa shape index (κ2) is 8.93. The second-order valence-electron chi connectivity index (χ2n) is 5.73. The van der Waals surface area contributed by atoms with Crippen LogP contribution in [0.2, 0.25) is 0 Å². The van der Waals surface area contributed by atoms with E-state index in [0.29, 0.717) is 0 Å². The summed E-state index contributed by atoms with van der Waals surface area (Å²) < 4.78 is 0. The highest BCUT2D eigenvalue weighted by molar-refractivity contribution is 4.85. The lowest BCUT2D eigenvalue weighted by atomic mass is 10.0. The van der Waals surface area contributed by atoms with Crippen LogP contribution in [0.3, 0.4) is 0 Å². The summed E-state index contributed by atoms with van der Waals surface area (Å²) in [4.78, 5) is 0. The van der Waals surface area contributed by atoms with Gasteiger partial charge in [-0.05, 0) is 25.8 Å². The van der Waals surface area contributed by atoms with Gasteiger partial charge in [-0.2, -0.15) is 0 Å². The average Bonchev–Trinajstić information content (AvgIpc) is 2.74. The van der Waals surface area contributed by atoms with Crippen molar-refractivity contribution in [3.05, 3.63) is 0 Å². The van der Waals surface area contributed by atoms with Gasteiger partial charge in [0.05, 0.1) is 5.60 Å². The number of rotatable bonds is 10. The van der Waals surface area contributed by atoms with Crippen molar-refractivity contribution in [2.24, 2.45) is 0 Å². The molecule has 0 radical (unpaired) electrons. The molecule has 0 spiro atoms. The van der Waals surface area contributed by atoms with Gasteiger partial charge in [0, 0.05) is 6.54 Å². The van der Waals surface area contributed by atoms with Gasteiger partial charge in [0.1, 0.15) is 0 Å². The normalized spacial score (nSPS) is 18.7. The average molecular weight is 241 g/mol. The molecular formula is C15H31NO. The van der Waals surface area contributed by atoms with E-state index in [9.17, 15) is 5.11 Å². The van der Waals surface area contributed by atoms with E-state index in [2.05, 4.69) is 12.2 Å². The molecule has 0 atom stereocenters. The summed E-state index contributed by atoms with van der Waals surface area (Å²) in [6, 6.07) is 0. The lowest BCUT2D eigenvalue weighted by molar-refractivity contribution is 0.0479. The zero-order chi connectivity index (χ0) is 12.4. The molecule has 0 bridgehead atoms. The van der Waals surface area contributed by atoms with Crippen molar-refractivity contribution in [3.8, 4) is 0 Å². The maximum atomic E-state index is 10.1. The third-order valence-electron chi connectivity index (χ3n) is 3.95. The third-order valence-corrected chi connectivity index (χ3v) is 3.95. The van der Waals surface area contributed by atoms with Crippen molar-refractivity contribution >= 4 is 0 Å². The lowest BCUT2D eigenvalue weighted by Gasteiger charge is -2.22. The van der Waals surface area contributed by atoms with Gasteiger partial charge >= 0.3 is 0 Å². The van der Waals surface area contributed by atoms with Crippen molar-refractivity contribution in [3.63, 3.8) is 0 Å². The monoisotopic (exact) mass is 241 g/mol. The van der Waals surface area contributed by atoms with Gasteiger partial charge in [-0.1, -0.05) is 58.3 Å². The maximum absolute atomic E-state index is 10.1. The molecule has 0 amide bonds. The van der Waals surface area contributed by atoms with Crippen LogP contribution in [0.1, 0.15) is 77.6 Å². The van der Waals surface area contributed by atoms with E-state index in [1.54, 1.807) is 0 Å². The van der Waals surface area contributed by atoms with Crippen LogP contribution >= 0.6 is 0 Å². The fraction of sp³-hybridized carbons (Fsp3) is 1.00. The minimum absolute atomic E-state index is 0.374. The van der Waals surface area contributed by atoms with E-state index in [1.165, 1.54) is 57.8 Å². The van der Waals surface area contributed by atoms with Crippen LogP contribution in [0.5, 0.6) is 0 Å². The number of hydrogen-bond acceptors (Lipinski definition) is 2. The van der Waals surface area contributed by atoms with Crippen LogP contribution in [0.4, 0.5) is 0 Å². The van der Waals surface area contributed by atoms with Crippen LogP contribution in [0.25, 0.3) is 0 Å². The number of nitrogens with one attached hydrogen (secondary N) is 1. The highest BCUT2D eigenvalue weighted by Crippen LogP contribution is 2.28. The van der Waals surface area contributed by atoms with Crippen LogP contribution < -0.4 is 5.32 Å². The molecule has 1 aliphatic carbocycles. The molecule has 0 aromatic rings. The van der Waals surface area contributed by atoms with E-state index < -0.39 is 0 Å². The molecule has 2 nitrogen and oxygen atoms in total. The molecule has 17 heavy (non-hydrogen) atoms. The molecule has 1 aliphatic rings. The van der Waals surface area contributed by atoms with Crippen LogP contribution in [0, 0.1) is 0 Å². The molecule has 2 N–H and O–H groups in total. The van der Waals surface area contributed by atoms with Crippen LogP contribution in [-0.2, 0) is 0 Å². The molecule has 0 saturated heterocycles. The Balaban J connectivity index is 1.81. The molecule has 1 rings (SSSR count). The Hall–Kier alpha value is -0.0800. The fourth-order valence-corrected chi connectivity index (χ4v) is 2.74. The summed E-state index contributed by atoms with van der Waals surface area (Å²) >= 11 is 0. The smallest absolute Gasteiger partial charge is 0.0771 e. The van der Waals surface area contributed by atoms with E-state index in [0.717, 1.165) is 25.9 Å². The minimum atomic E-state index is -0.374. The first-order valence-corrected chi connectivity index (χ1v) is 7.70. The second-order valence-corrected chi connectivity index (χ2v) is 5.73. The van der Waals surface area contributed by atoms with Gasteiger partial charge in [-0.25, -0.2) is 0 Å². The Morgan fingerprint density at radius 2 is 1.53 bits per heavy atom. The van der Waals surface area contributed by atoms with Crippen molar-refractivity contribution < 1.29 is 5.11 Å². The standard InChI is InChI=1S/C15H31NO/c1-2-3-4-5-6-7-10-13-16-14-15(17)11-8-9-12-15/h16-17H,2-14H2,1H3. The SMILES string of the molecule is CCCCCCCCCNCC1(O)CCCC1. The summed E-state index contributed by atoms with van der Waals surface area (Å²) in [5, 5.41) is 13.5. The molecule has 0 heterocycles. The van der Waals surface area contributed by atoms with Crippen LogP contribution in [-0.4, -0.2) is 23.8 Å². The Labute approximate surface area is 107 Å². The zero-order valence-electron chi connectivity index (χ0n) is 11.6. The third kappa shape index (κ3) is 7.05. The van der Waals surface area contributed by atoms with Gasteiger partial charge in [0.25, 0.3) is 0 Å². The first-order chi connectivity index (χ1) is 8.27. The zero-order valence-corrected chi connectivity index (χ0v) is 11.6. The minimum Gasteiger partial charge on any atom is -0.389 e. The topological polar surface area (TPSA) is 32.3 Å². The first kappa shape index (κ1) is 15.0. The Morgan fingerprint density at radius 1 is 0.941 bits per heavy atom. The van der Waals surface area contributed by atoms with Gasteiger partial charge in [-0.15, -0.1) is 0 Å². The van der Waals surface area contributed by atoms with E-state index in [-0.39, 0.29) is 5.60 Å². The largest absolute Gasteiger partial charge is 0.389 e. The van der Waals surface area contributed by atoms with E-state index in [4.69, 9.17) is 0 Å². The number of hydrogen-bond donors (Lipinski definition) is 2. The lowest BCUT2D eigenvalue weighted by Crippen LogP contribution is -2.38. The van der Waals surface area contributed by atoms with Crippen molar-refractivity contribution in [1.29, 1.82) is 0 Å². The molecule has 2 heteroatoms. The van der Waals surface area contributed by atoms with E-state index in [1.807, 2.05) is 0 Å². The van der Waals surface area contributed by atoms with Crippen LogP contribution in [0.15, 0.2) is 0 Å². The molecule has 0 aromatic carbocycles. The predicted octanol–water partition coefficient (Wildman–Crippen LogP) is 3.63. The molecule has 1 fully saturated rings. The van der Waals surface area contributed by atoms with Gasteiger partial charge < -0.3 is 10.4 Å². The first-order valence-electron chi connectivity index (χ1n) is 7.70. The molecule has 1 saturated carbocycles. The van der Waals surface area contributed by atoms with Gasteiger partial charge in [0.2, 0.25) is 0 Å². The summed E-state index contributed by atoms with van der Waals surface area (Å²) in [6.07, 6.45) is 13.9. The van der Waals surface area contributed by atoms with Gasteiger partial charge in [0.15, 0.2) is 0 Å². The predicted molar refractivity (Wildman–Crippen MR) is 74.3 cm³/mol. The molecule has 102 valence electrons. The Morgan fingerprint density at radius 3 is 2.18 bits per heavy atom. The summed E-state index contributed by atoms with van der Waals surface area (Å²) in [7, 11) is 0. The number of aliphatic hydroxyl groups is 1. The highest BCUT2D eigenvalue weighted by atomic mass is 16.3. The molecular weight excluding hydrogens is 210 g/mol. The van der Waals surface area contributed by atoms with E-state index >= 15 is 0 Å². The molecule has 0 aromatic heterocycles. The van der Waals surface area contributed by atoms with Crippen molar-refractivity contribution in [1.82, 2.24) is 5.32 Å². The summed E-state index contributed by atoms with van der Waals surface area (Å²) in [6.45, 7) is 4.15. The van der Waals surface area contributed by atoms with Gasteiger partial charge in [-0.3, -0.25) is 0 Å². The summed E-state index contributed by atoms with van der Waals surface area (Å²) in [5.41, 5.74) is -0.374. The summed E-state index contributed by atoms with van der Waals surface area (Å²) in [5.74, 6) is 0. The molecule has 0 aliphatic heterocycles. The molecule has 0 unspecified atom stereocenters. The maximum Gasteiger partial charge on any atom is 0.0771 e. The Bertz CT molecular complexity index is 176. The highest BCUT2D eigenvalue weighted by Gasteiger charge is 2.30. The Kier molecular flexibility index (Phi) is 7.87. The number of unbranched alkanes of at least 4 members (excludes halogenated alkanes) is 6. The quantitative estimate of drug-likeness (QED) is 0.572. The van der Waals surface area contributed by atoms with Crippen molar-refractivity contribution in [2.45, 2.75) is 83.2 Å². The van der Waals surface area contributed by atoms with Crippen molar-refractivity contribution in [2.75, 3.05) is 13.1 Å². The fourth-order valence-electron chi connectivity index (χ4n) is 2.74.